The molecule has 0 unspecified atom stereocenters. The number of hydrogen-bond acceptors (Lipinski definition) is 4. The van der Waals surface area contributed by atoms with Crippen LogP contribution in [-0.2, 0) is 0 Å². The van der Waals surface area contributed by atoms with Crippen LogP contribution in [0.2, 0.25) is 0 Å². The maximum atomic E-state index is 13.1. The molecule has 0 saturated carbocycles. The Morgan fingerprint density at radius 1 is 1.38 bits per heavy atom. The maximum Gasteiger partial charge on any atom is 0.492 e. The highest BCUT2D eigenvalue weighted by atomic mass is 32.1. The van der Waals surface area contributed by atoms with Crippen LogP contribution in [0.1, 0.15) is 0 Å². The highest BCUT2D eigenvalue weighted by Gasteiger charge is 2.20. The lowest BCUT2D eigenvalue weighted by Gasteiger charge is -2.01. The first-order valence-electron chi connectivity index (χ1n) is 3.58. The molecule has 2 rings (SSSR count). The molecule has 1 heterocycles. The van der Waals surface area contributed by atoms with Gasteiger partial charge >= 0.3 is 7.12 Å². The van der Waals surface area contributed by atoms with Gasteiger partial charge in [-0.2, -0.15) is 0 Å². The minimum atomic E-state index is -1.79. The first-order valence-corrected chi connectivity index (χ1v) is 4.46. The second-order valence-corrected chi connectivity index (χ2v) is 3.39. The predicted octanol–water partition coefficient (Wildman–Crippen LogP) is 0.115. The van der Waals surface area contributed by atoms with Gasteiger partial charge in [0.2, 0.25) is 0 Å². The molecule has 1 aromatic heterocycles. The van der Waals surface area contributed by atoms with Crippen molar-refractivity contribution in [2.75, 3.05) is 0 Å². The van der Waals surface area contributed by atoms with E-state index < -0.39 is 12.9 Å². The van der Waals surface area contributed by atoms with Crippen molar-refractivity contribution in [3.05, 3.63) is 23.5 Å². The summed E-state index contributed by atoms with van der Waals surface area (Å²) in [6, 6.07) is 2.68. The molecule has 0 atom stereocenters. The number of nitrogens with zero attached hydrogens (tertiary/aromatic N) is 1. The van der Waals surface area contributed by atoms with E-state index in [1.54, 1.807) is 0 Å². The largest absolute Gasteiger partial charge is 0.492 e. The van der Waals surface area contributed by atoms with Gasteiger partial charge in [0, 0.05) is 5.46 Å². The molecule has 2 aromatic rings. The predicted molar refractivity (Wildman–Crippen MR) is 49.4 cm³/mol. The van der Waals surface area contributed by atoms with E-state index in [2.05, 4.69) is 4.98 Å². The molecule has 0 aliphatic carbocycles. The number of thiazole rings is 1. The van der Waals surface area contributed by atoms with Crippen molar-refractivity contribution in [2.24, 2.45) is 0 Å². The second-order valence-electron chi connectivity index (χ2n) is 2.54. The standard InChI is InChI=1S/C7H5BFNO2S/c9-4-1-2-5-7(13-3-10-5)6(4)8(11)12/h1-3,11-12H. The van der Waals surface area contributed by atoms with E-state index in [-0.39, 0.29) is 5.46 Å². The van der Waals surface area contributed by atoms with E-state index in [0.29, 0.717) is 10.2 Å². The Bertz CT molecular complexity index is 445. The Hall–Kier alpha value is -0.975. The molecule has 2 N–H and O–H groups in total. The van der Waals surface area contributed by atoms with Gasteiger partial charge in [0.15, 0.2) is 0 Å². The molecule has 0 aliphatic heterocycles. The molecule has 0 aliphatic rings. The summed E-state index contributed by atoms with van der Waals surface area (Å²) in [6.07, 6.45) is 0. The Balaban J connectivity index is 2.80. The molecule has 1 aromatic carbocycles. The summed E-state index contributed by atoms with van der Waals surface area (Å²) >= 11 is 1.19. The van der Waals surface area contributed by atoms with Crippen LogP contribution < -0.4 is 5.46 Å². The lowest BCUT2D eigenvalue weighted by molar-refractivity contribution is 0.423. The minimum Gasteiger partial charge on any atom is -0.423 e. The smallest absolute Gasteiger partial charge is 0.423 e. The number of halogens is 1. The van der Waals surface area contributed by atoms with E-state index >= 15 is 0 Å². The molecule has 0 fully saturated rings. The fourth-order valence-electron chi connectivity index (χ4n) is 1.17. The van der Waals surface area contributed by atoms with Crippen LogP contribution in [0, 0.1) is 5.82 Å². The fraction of sp³-hybridized carbons (Fsp3) is 0. The molecule has 0 radical (unpaired) electrons. The van der Waals surface area contributed by atoms with Gasteiger partial charge in [0.1, 0.15) is 5.82 Å². The van der Waals surface area contributed by atoms with Crippen molar-refractivity contribution < 1.29 is 14.4 Å². The van der Waals surface area contributed by atoms with Crippen molar-refractivity contribution >= 4 is 34.1 Å². The van der Waals surface area contributed by atoms with E-state index in [1.807, 2.05) is 0 Å². The number of fused-ring (bicyclic) bond motifs is 1. The van der Waals surface area contributed by atoms with Gasteiger partial charge in [-0.1, -0.05) is 0 Å². The summed E-state index contributed by atoms with van der Waals surface area (Å²) in [4.78, 5) is 3.93. The third kappa shape index (κ3) is 1.33. The third-order valence-corrected chi connectivity index (χ3v) is 2.62. The van der Waals surface area contributed by atoms with Crippen molar-refractivity contribution in [3.63, 3.8) is 0 Å². The van der Waals surface area contributed by atoms with Crippen LogP contribution in [0.5, 0.6) is 0 Å². The normalized spacial score (nSPS) is 10.7. The number of aromatic nitrogens is 1. The lowest BCUT2D eigenvalue weighted by atomic mass is 9.80. The molecule has 0 amide bonds. The zero-order valence-corrected chi connectivity index (χ0v) is 7.25. The summed E-state index contributed by atoms with van der Waals surface area (Å²) in [7, 11) is -1.79. The van der Waals surface area contributed by atoms with Crippen molar-refractivity contribution in [1.82, 2.24) is 4.98 Å². The van der Waals surface area contributed by atoms with Gasteiger partial charge in [-0.25, -0.2) is 9.37 Å². The van der Waals surface area contributed by atoms with Gasteiger partial charge < -0.3 is 10.0 Å². The Labute approximate surface area is 77.6 Å². The summed E-state index contributed by atoms with van der Waals surface area (Å²) in [5, 5.41) is 17.8. The maximum absolute atomic E-state index is 13.1. The van der Waals surface area contributed by atoms with Crippen LogP contribution in [0.3, 0.4) is 0 Å². The summed E-state index contributed by atoms with van der Waals surface area (Å²) in [5.74, 6) is -0.619. The Morgan fingerprint density at radius 2 is 2.15 bits per heavy atom. The number of rotatable bonds is 1. The van der Waals surface area contributed by atoms with Gasteiger partial charge in [0.25, 0.3) is 0 Å². The minimum absolute atomic E-state index is 0.0972. The molecule has 0 spiro atoms. The van der Waals surface area contributed by atoms with Crippen molar-refractivity contribution in [2.45, 2.75) is 0 Å². The van der Waals surface area contributed by atoms with Crippen molar-refractivity contribution in [3.8, 4) is 0 Å². The molecular formula is C7H5BFNO2S. The molecule has 13 heavy (non-hydrogen) atoms. The van der Waals surface area contributed by atoms with E-state index in [9.17, 15) is 4.39 Å². The highest BCUT2D eigenvalue weighted by Crippen LogP contribution is 2.16. The van der Waals surface area contributed by atoms with Crippen LogP contribution in [0.25, 0.3) is 10.2 Å². The average Bonchev–Trinajstić information content (AvgIpc) is 2.50. The van der Waals surface area contributed by atoms with E-state index in [0.717, 1.165) is 0 Å². The van der Waals surface area contributed by atoms with Crippen LogP contribution in [0.4, 0.5) is 4.39 Å². The quantitative estimate of drug-likeness (QED) is 0.638. The number of hydrogen-bond donors (Lipinski definition) is 2. The summed E-state index contributed by atoms with van der Waals surface area (Å²) in [5.41, 5.74) is 2.02. The number of benzene rings is 1. The van der Waals surface area contributed by atoms with Gasteiger partial charge in [-0.15, -0.1) is 11.3 Å². The zero-order valence-electron chi connectivity index (χ0n) is 6.44. The molecule has 3 nitrogen and oxygen atoms in total. The second kappa shape index (κ2) is 3.06. The van der Waals surface area contributed by atoms with Gasteiger partial charge in [-0.3, -0.25) is 0 Å². The SMILES string of the molecule is OB(O)c1c(F)ccc2ncsc12. The van der Waals surface area contributed by atoms with Gasteiger partial charge in [-0.05, 0) is 12.1 Å². The topological polar surface area (TPSA) is 53.4 Å². The average molecular weight is 197 g/mol. The molecule has 0 saturated heterocycles. The Morgan fingerprint density at radius 3 is 2.85 bits per heavy atom. The zero-order chi connectivity index (χ0) is 9.42. The molecule has 6 heteroatoms. The highest BCUT2D eigenvalue weighted by molar-refractivity contribution is 7.18. The summed E-state index contributed by atoms with van der Waals surface area (Å²) < 4.78 is 13.6. The van der Waals surface area contributed by atoms with Crippen LogP contribution in [-0.4, -0.2) is 22.2 Å². The molecule has 0 bridgehead atoms. The molecule has 66 valence electrons. The van der Waals surface area contributed by atoms with Crippen LogP contribution >= 0.6 is 11.3 Å². The Kier molecular flexibility index (Phi) is 2.03. The van der Waals surface area contributed by atoms with Gasteiger partial charge in [0.05, 0.1) is 15.7 Å². The molecular weight excluding hydrogens is 192 g/mol. The lowest BCUT2D eigenvalue weighted by Crippen LogP contribution is -2.32. The van der Waals surface area contributed by atoms with E-state index in [1.165, 1.54) is 29.0 Å². The van der Waals surface area contributed by atoms with Crippen LogP contribution in [0.15, 0.2) is 17.6 Å². The summed E-state index contributed by atoms with van der Waals surface area (Å²) in [6.45, 7) is 0. The van der Waals surface area contributed by atoms with E-state index in [4.69, 9.17) is 10.0 Å². The first-order chi connectivity index (χ1) is 6.20. The first kappa shape index (κ1) is 8.62. The monoisotopic (exact) mass is 197 g/mol. The van der Waals surface area contributed by atoms with Crippen molar-refractivity contribution in [1.29, 1.82) is 0 Å². The fourth-order valence-corrected chi connectivity index (χ4v) is 2.01. The third-order valence-electron chi connectivity index (χ3n) is 1.74.